The Hall–Kier alpha value is -2.64. The van der Waals surface area contributed by atoms with Crippen LogP contribution >= 0.6 is 23.5 Å². The fraction of sp³-hybridized carbons (Fsp3) is 0.182. The van der Waals surface area contributed by atoms with Gasteiger partial charge in [0.15, 0.2) is 0 Å². The molecule has 1 atom stereocenters. The van der Waals surface area contributed by atoms with Gasteiger partial charge in [-0.25, -0.2) is 0 Å². The van der Waals surface area contributed by atoms with Crippen LogP contribution < -0.4 is 5.32 Å². The van der Waals surface area contributed by atoms with Crippen LogP contribution in [0.1, 0.15) is 27.1 Å². The first-order valence-corrected chi connectivity index (χ1v) is 11.4. The second-order valence-electron chi connectivity index (χ2n) is 6.54. The van der Waals surface area contributed by atoms with E-state index in [-0.39, 0.29) is 17.2 Å². The van der Waals surface area contributed by atoms with Crippen LogP contribution in [0.3, 0.4) is 0 Å². The Kier molecular flexibility index (Phi) is 5.97. The number of nitrogens with one attached hydrogen (secondary N) is 1. The lowest BCUT2D eigenvalue weighted by Gasteiger charge is -2.23. The molecule has 1 fully saturated rings. The summed E-state index contributed by atoms with van der Waals surface area (Å²) in [5.74, 6) is 1.14. The lowest BCUT2D eigenvalue weighted by Crippen LogP contribution is -2.27. The minimum Gasteiger partial charge on any atom is -0.467 e. The van der Waals surface area contributed by atoms with Gasteiger partial charge in [-0.15, -0.1) is 23.5 Å². The summed E-state index contributed by atoms with van der Waals surface area (Å²) in [7, 11) is 0. The fourth-order valence-corrected chi connectivity index (χ4v) is 4.95. The highest BCUT2D eigenvalue weighted by Crippen LogP contribution is 2.39. The molecule has 1 unspecified atom stereocenters. The number of thioether (sulfide) groups is 2. The zero-order chi connectivity index (χ0) is 20.2. The van der Waals surface area contributed by atoms with E-state index in [2.05, 4.69) is 5.32 Å². The Bertz CT molecular complexity index is 1000. The van der Waals surface area contributed by atoms with Crippen molar-refractivity contribution in [1.82, 2.24) is 4.90 Å². The van der Waals surface area contributed by atoms with Gasteiger partial charge in [-0.2, -0.15) is 0 Å². The Balaban J connectivity index is 1.48. The van der Waals surface area contributed by atoms with Crippen LogP contribution in [-0.2, 0) is 11.3 Å². The van der Waals surface area contributed by atoms with Crippen molar-refractivity contribution < 1.29 is 14.0 Å². The number of carbonyl (C=O) groups excluding carboxylic acids is 2. The lowest BCUT2D eigenvalue weighted by molar-refractivity contribution is -0.128. The van der Waals surface area contributed by atoms with E-state index < -0.39 is 0 Å². The van der Waals surface area contributed by atoms with Crippen molar-refractivity contribution in [2.45, 2.75) is 16.8 Å². The van der Waals surface area contributed by atoms with Gasteiger partial charge in [-0.3, -0.25) is 9.59 Å². The third kappa shape index (κ3) is 4.36. The summed E-state index contributed by atoms with van der Waals surface area (Å²) in [6.07, 6.45) is 3.59. The molecular formula is C22H20N2O3S2. The van der Waals surface area contributed by atoms with Gasteiger partial charge < -0.3 is 14.6 Å². The van der Waals surface area contributed by atoms with Crippen LogP contribution in [0.15, 0.2) is 76.2 Å². The van der Waals surface area contributed by atoms with Gasteiger partial charge in [0.1, 0.15) is 11.1 Å². The summed E-state index contributed by atoms with van der Waals surface area (Å²) in [4.78, 5) is 27.8. The predicted octanol–water partition coefficient (Wildman–Crippen LogP) is 5.03. The number of furan rings is 1. The van der Waals surface area contributed by atoms with Crippen molar-refractivity contribution in [3.63, 3.8) is 0 Å². The van der Waals surface area contributed by atoms with Crippen molar-refractivity contribution in [3.05, 3.63) is 83.8 Å². The summed E-state index contributed by atoms with van der Waals surface area (Å²) in [6.45, 7) is 0.442. The predicted molar refractivity (Wildman–Crippen MR) is 117 cm³/mol. The van der Waals surface area contributed by atoms with Crippen LogP contribution in [0.25, 0.3) is 0 Å². The van der Waals surface area contributed by atoms with Crippen molar-refractivity contribution >= 4 is 41.0 Å². The zero-order valence-electron chi connectivity index (χ0n) is 15.8. The van der Waals surface area contributed by atoms with E-state index in [1.807, 2.05) is 59.7 Å². The van der Waals surface area contributed by atoms with Crippen LogP contribution in [0.2, 0.25) is 0 Å². The molecule has 2 aromatic carbocycles. The van der Waals surface area contributed by atoms with Gasteiger partial charge in [0, 0.05) is 10.5 Å². The Morgan fingerprint density at radius 2 is 1.97 bits per heavy atom. The quantitative estimate of drug-likeness (QED) is 0.563. The third-order valence-electron chi connectivity index (χ3n) is 4.69. The molecule has 1 aliphatic rings. The number of para-hydroxylation sites is 1. The third-order valence-corrected chi connectivity index (χ3v) is 6.74. The number of benzene rings is 2. The van der Waals surface area contributed by atoms with E-state index in [1.165, 1.54) is 0 Å². The molecule has 7 heteroatoms. The number of carbonyl (C=O) groups is 2. The first-order chi connectivity index (χ1) is 14.2. The standard InChI is InChI=1S/C22H20N2O3S2/c1-28-19-7-3-2-6-18(19)23-21(26)15-8-10-16(11-9-15)22-24(20(25)14-29-22)13-17-5-4-12-27-17/h2-12,22H,13-14H2,1H3,(H,23,26). The highest BCUT2D eigenvalue weighted by atomic mass is 32.2. The van der Waals surface area contributed by atoms with Crippen LogP contribution in [0, 0.1) is 0 Å². The molecule has 2 heterocycles. The highest BCUT2D eigenvalue weighted by molar-refractivity contribution is 8.00. The Morgan fingerprint density at radius 1 is 1.17 bits per heavy atom. The summed E-state index contributed by atoms with van der Waals surface area (Å²) in [5, 5.41) is 2.89. The topological polar surface area (TPSA) is 62.6 Å². The molecule has 1 aromatic heterocycles. The van der Waals surface area contributed by atoms with Gasteiger partial charge in [-0.1, -0.05) is 24.3 Å². The minimum absolute atomic E-state index is 0.0815. The van der Waals surface area contributed by atoms with E-state index in [0.29, 0.717) is 17.9 Å². The van der Waals surface area contributed by atoms with Crippen LogP contribution in [0.4, 0.5) is 5.69 Å². The SMILES string of the molecule is CSc1ccccc1NC(=O)c1ccc(C2SCC(=O)N2Cc2ccco2)cc1. The maximum absolute atomic E-state index is 12.6. The maximum atomic E-state index is 12.6. The number of amides is 2. The van der Waals surface area contributed by atoms with Crippen molar-refractivity contribution in [1.29, 1.82) is 0 Å². The molecule has 1 saturated heterocycles. The number of rotatable bonds is 6. The van der Waals surface area contributed by atoms with E-state index >= 15 is 0 Å². The van der Waals surface area contributed by atoms with Gasteiger partial charge >= 0.3 is 0 Å². The Morgan fingerprint density at radius 3 is 2.69 bits per heavy atom. The first kappa shape index (κ1) is 19.7. The second kappa shape index (κ2) is 8.80. The fourth-order valence-electron chi connectivity index (χ4n) is 3.21. The summed E-state index contributed by atoms with van der Waals surface area (Å²) < 4.78 is 5.40. The van der Waals surface area contributed by atoms with Gasteiger partial charge in [-0.05, 0) is 48.2 Å². The molecule has 148 valence electrons. The molecule has 0 spiro atoms. The average Bonchev–Trinajstić information content (AvgIpc) is 3.39. The first-order valence-electron chi connectivity index (χ1n) is 9.13. The molecule has 0 bridgehead atoms. The molecule has 4 rings (SSSR count). The van der Waals surface area contributed by atoms with E-state index in [4.69, 9.17) is 4.42 Å². The molecule has 0 aliphatic carbocycles. The number of hydrogen-bond acceptors (Lipinski definition) is 5. The van der Waals surface area contributed by atoms with Gasteiger partial charge in [0.05, 0.1) is 24.2 Å². The molecule has 2 amide bonds. The summed E-state index contributed by atoms with van der Waals surface area (Å²) in [5.41, 5.74) is 2.38. The van der Waals surface area contributed by atoms with Gasteiger partial charge in [0.2, 0.25) is 5.91 Å². The van der Waals surface area contributed by atoms with Crippen LogP contribution in [-0.4, -0.2) is 28.7 Å². The van der Waals surface area contributed by atoms with Gasteiger partial charge in [0.25, 0.3) is 5.91 Å². The molecule has 0 radical (unpaired) electrons. The number of hydrogen-bond donors (Lipinski definition) is 1. The molecular weight excluding hydrogens is 404 g/mol. The lowest BCUT2D eigenvalue weighted by atomic mass is 10.1. The largest absolute Gasteiger partial charge is 0.467 e. The molecule has 5 nitrogen and oxygen atoms in total. The molecule has 3 aromatic rings. The van der Waals surface area contributed by atoms with Crippen molar-refractivity contribution in [2.75, 3.05) is 17.3 Å². The minimum atomic E-state index is -0.152. The smallest absolute Gasteiger partial charge is 0.255 e. The second-order valence-corrected chi connectivity index (χ2v) is 8.46. The molecule has 1 aliphatic heterocycles. The van der Waals surface area contributed by atoms with Crippen LogP contribution in [0.5, 0.6) is 0 Å². The molecule has 1 N–H and O–H groups in total. The van der Waals surface area contributed by atoms with E-state index in [0.717, 1.165) is 21.9 Å². The molecule has 0 saturated carbocycles. The highest BCUT2D eigenvalue weighted by Gasteiger charge is 2.33. The summed E-state index contributed by atoms with van der Waals surface area (Å²) >= 11 is 3.18. The van der Waals surface area contributed by atoms with E-state index in [9.17, 15) is 9.59 Å². The monoisotopic (exact) mass is 424 g/mol. The van der Waals surface area contributed by atoms with E-state index in [1.54, 1.807) is 41.9 Å². The average molecular weight is 425 g/mol. The van der Waals surface area contributed by atoms with Crippen molar-refractivity contribution in [3.8, 4) is 0 Å². The Labute approximate surface area is 177 Å². The number of nitrogens with zero attached hydrogens (tertiary/aromatic N) is 1. The normalized spacial score (nSPS) is 16.2. The van der Waals surface area contributed by atoms with Crippen molar-refractivity contribution in [2.24, 2.45) is 0 Å². The maximum Gasteiger partial charge on any atom is 0.255 e. The molecule has 29 heavy (non-hydrogen) atoms. The zero-order valence-corrected chi connectivity index (χ0v) is 17.5. The number of anilines is 1. The summed E-state index contributed by atoms with van der Waals surface area (Å²) in [6, 6.07) is 18.9.